The lowest BCUT2D eigenvalue weighted by Gasteiger charge is -2.26. The summed E-state index contributed by atoms with van der Waals surface area (Å²) in [7, 11) is 0. The van der Waals surface area contributed by atoms with Crippen LogP contribution in [0.3, 0.4) is 0 Å². The highest BCUT2D eigenvalue weighted by Crippen LogP contribution is 2.41. The molecule has 4 nitrogen and oxygen atoms in total. The topological polar surface area (TPSA) is 58.3 Å². The lowest BCUT2D eigenvalue weighted by atomic mass is 9.88. The molecule has 4 rings (SSSR count). The summed E-state index contributed by atoms with van der Waals surface area (Å²) in [5.74, 6) is 0.752. The van der Waals surface area contributed by atoms with Gasteiger partial charge in [0.15, 0.2) is 0 Å². The number of fused-ring (bicyclic) bond motifs is 2. The van der Waals surface area contributed by atoms with Crippen LogP contribution in [-0.2, 0) is 0 Å². The van der Waals surface area contributed by atoms with Crippen LogP contribution < -0.4 is 0 Å². The molecule has 0 saturated heterocycles. The molecule has 2 N–H and O–H groups in total. The third-order valence-corrected chi connectivity index (χ3v) is 4.23. The number of aliphatic hydroxyl groups is 2. The predicted octanol–water partition coefficient (Wildman–Crippen LogP) is 2.66. The Morgan fingerprint density at radius 2 is 1.45 bits per heavy atom. The number of rotatable bonds is 1. The highest BCUT2D eigenvalue weighted by atomic mass is 16.3. The van der Waals surface area contributed by atoms with Crippen LogP contribution in [0.5, 0.6) is 0 Å². The molecule has 0 amide bonds. The van der Waals surface area contributed by atoms with E-state index in [1.807, 2.05) is 66.1 Å². The molecule has 4 heteroatoms. The van der Waals surface area contributed by atoms with Crippen LogP contribution in [0.25, 0.3) is 5.69 Å². The SMILES string of the molecule is Cc1nc2c(n1-c1ccccc1)C(O)c1ccccc1C2O. The maximum atomic E-state index is 10.8. The van der Waals surface area contributed by atoms with E-state index in [2.05, 4.69) is 4.98 Å². The molecule has 2 aromatic carbocycles. The van der Waals surface area contributed by atoms with E-state index in [4.69, 9.17) is 0 Å². The maximum absolute atomic E-state index is 10.8. The first-order valence-electron chi connectivity index (χ1n) is 7.28. The molecule has 2 unspecified atom stereocenters. The minimum Gasteiger partial charge on any atom is -0.382 e. The van der Waals surface area contributed by atoms with Gasteiger partial charge in [-0.3, -0.25) is 4.57 Å². The van der Waals surface area contributed by atoms with Gasteiger partial charge in [0.1, 0.15) is 18.0 Å². The largest absolute Gasteiger partial charge is 0.382 e. The molecule has 1 aliphatic rings. The fourth-order valence-electron chi connectivity index (χ4n) is 3.24. The molecular formula is C18H16N2O2. The van der Waals surface area contributed by atoms with Gasteiger partial charge < -0.3 is 10.2 Å². The molecular weight excluding hydrogens is 276 g/mol. The minimum atomic E-state index is -0.807. The molecule has 0 aliphatic heterocycles. The van der Waals surface area contributed by atoms with Crippen LogP contribution >= 0.6 is 0 Å². The Kier molecular flexibility index (Phi) is 2.89. The summed E-state index contributed by atoms with van der Waals surface area (Å²) in [5, 5.41) is 21.4. The van der Waals surface area contributed by atoms with E-state index in [9.17, 15) is 10.2 Å². The summed E-state index contributed by atoms with van der Waals surface area (Å²) in [5.41, 5.74) is 3.57. The van der Waals surface area contributed by atoms with E-state index in [0.29, 0.717) is 11.4 Å². The number of aromatic nitrogens is 2. The lowest BCUT2D eigenvalue weighted by Crippen LogP contribution is -2.20. The highest BCUT2D eigenvalue weighted by molar-refractivity contribution is 5.49. The molecule has 3 aromatic rings. The molecule has 1 aromatic heterocycles. The van der Waals surface area contributed by atoms with Crippen LogP contribution in [0.4, 0.5) is 0 Å². The van der Waals surface area contributed by atoms with Crippen molar-refractivity contribution >= 4 is 0 Å². The monoisotopic (exact) mass is 292 g/mol. The summed E-state index contributed by atoms with van der Waals surface area (Å²) < 4.78 is 1.92. The number of aliphatic hydroxyl groups excluding tert-OH is 2. The summed E-state index contributed by atoms with van der Waals surface area (Å²) in [6.45, 7) is 1.88. The number of imidazole rings is 1. The van der Waals surface area contributed by atoms with Gasteiger partial charge in [0, 0.05) is 5.69 Å². The Hall–Kier alpha value is -2.43. The van der Waals surface area contributed by atoms with E-state index >= 15 is 0 Å². The van der Waals surface area contributed by atoms with Crippen molar-refractivity contribution in [1.82, 2.24) is 9.55 Å². The Bertz CT molecular complexity index is 840. The molecule has 1 aliphatic carbocycles. The van der Waals surface area contributed by atoms with E-state index in [1.54, 1.807) is 0 Å². The first kappa shape index (κ1) is 13.2. The average Bonchev–Trinajstić information content (AvgIpc) is 2.91. The second-order valence-corrected chi connectivity index (χ2v) is 5.53. The lowest BCUT2D eigenvalue weighted by molar-refractivity contribution is 0.166. The first-order chi connectivity index (χ1) is 10.7. The van der Waals surface area contributed by atoms with Gasteiger partial charge in [0.05, 0.1) is 11.4 Å². The Balaban J connectivity index is 1.98. The normalized spacial score (nSPS) is 19.6. The first-order valence-corrected chi connectivity index (χ1v) is 7.28. The number of hydrogen-bond acceptors (Lipinski definition) is 3. The average molecular weight is 292 g/mol. The van der Waals surface area contributed by atoms with E-state index in [1.165, 1.54) is 0 Å². The third-order valence-electron chi connectivity index (χ3n) is 4.23. The van der Waals surface area contributed by atoms with E-state index in [0.717, 1.165) is 22.6 Å². The van der Waals surface area contributed by atoms with Crippen LogP contribution in [-0.4, -0.2) is 19.8 Å². The standard InChI is InChI=1S/C18H16N2O2/c1-11-19-15-16(20(11)12-7-3-2-4-8-12)18(22)14-10-6-5-9-13(14)17(15)21/h2-10,17-18,21-22H,1H3. The number of hydrogen-bond donors (Lipinski definition) is 2. The van der Waals surface area contributed by atoms with Crippen molar-refractivity contribution in [1.29, 1.82) is 0 Å². The smallest absolute Gasteiger partial charge is 0.123 e. The van der Waals surface area contributed by atoms with Gasteiger partial charge in [0.25, 0.3) is 0 Å². The van der Waals surface area contributed by atoms with Gasteiger partial charge in [-0.2, -0.15) is 0 Å². The molecule has 0 spiro atoms. The second kappa shape index (κ2) is 4.80. The fraction of sp³-hybridized carbons (Fsp3) is 0.167. The van der Waals surface area contributed by atoms with Crippen molar-refractivity contribution in [3.63, 3.8) is 0 Å². The van der Waals surface area contributed by atoms with Gasteiger partial charge in [-0.1, -0.05) is 42.5 Å². The van der Waals surface area contributed by atoms with Gasteiger partial charge in [-0.05, 0) is 30.2 Å². The molecule has 22 heavy (non-hydrogen) atoms. The molecule has 2 atom stereocenters. The predicted molar refractivity (Wildman–Crippen MR) is 82.9 cm³/mol. The quantitative estimate of drug-likeness (QED) is 0.725. The zero-order valence-corrected chi connectivity index (χ0v) is 12.1. The Labute approximate surface area is 128 Å². The fourth-order valence-corrected chi connectivity index (χ4v) is 3.24. The molecule has 0 bridgehead atoms. The van der Waals surface area contributed by atoms with Crippen molar-refractivity contribution < 1.29 is 10.2 Å². The minimum absolute atomic E-state index is 0.535. The molecule has 1 heterocycles. The van der Waals surface area contributed by atoms with Crippen molar-refractivity contribution in [3.8, 4) is 5.69 Å². The van der Waals surface area contributed by atoms with Gasteiger partial charge in [-0.25, -0.2) is 4.98 Å². The van der Waals surface area contributed by atoms with Crippen LogP contribution in [0.15, 0.2) is 54.6 Å². The van der Waals surface area contributed by atoms with Gasteiger partial charge in [-0.15, -0.1) is 0 Å². The Morgan fingerprint density at radius 3 is 2.14 bits per heavy atom. The summed E-state index contributed by atoms with van der Waals surface area (Å²) in [6.07, 6.45) is -1.60. The van der Waals surface area contributed by atoms with Crippen molar-refractivity contribution in [2.24, 2.45) is 0 Å². The number of para-hydroxylation sites is 1. The summed E-state index contributed by atoms with van der Waals surface area (Å²) in [6, 6.07) is 17.2. The van der Waals surface area contributed by atoms with E-state index < -0.39 is 12.2 Å². The molecule has 110 valence electrons. The van der Waals surface area contributed by atoms with E-state index in [-0.39, 0.29) is 0 Å². The van der Waals surface area contributed by atoms with Crippen molar-refractivity contribution in [3.05, 3.63) is 82.9 Å². The zero-order valence-electron chi connectivity index (χ0n) is 12.1. The number of benzene rings is 2. The van der Waals surface area contributed by atoms with Gasteiger partial charge in [0.2, 0.25) is 0 Å². The molecule has 0 saturated carbocycles. The van der Waals surface area contributed by atoms with Crippen LogP contribution in [0.1, 0.15) is 40.5 Å². The number of nitrogens with zero attached hydrogens (tertiary/aromatic N) is 2. The third kappa shape index (κ3) is 1.75. The maximum Gasteiger partial charge on any atom is 0.123 e. The zero-order chi connectivity index (χ0) is 15.3. The van der Waals surface area contributed by atoms with Gasteiger partial charge >= 0.3 is 0 Å². The summed E-state index contributed by atoms with van der Waals surface area (Å²) >= 11 is 0. The highest BCUT2D eigenvalue weighted by Gasteiger charge is 2.35. The van der Waals surface area contributed by atoms with Crippen molar-refractivity contribution in [2.45, 2.75) is 19.1 Å². The van der Waals surface area contributed by atoms with Crippen LogP contribution in [0.2, 0.25) is 0 Å². The number of aryl methyl sites for hydroxylation is 1. The van der Waals surface area contributed by atoms with Crippen molar-refractivity contribution in [2.75, 3.05) is 0 Å². The van der Waals surface area contributed by atoms with Crippen LogP contribution in [0, 0.1) is 6.92 Å². The summed E-state index contributed by atoms with van der Waals surface area (Å²) in [4.78, 5) is 4.51. The second-order valence-electron chi connectivity index (χ2n) is 5.53. The molecule has 0 fully saturated rings. The Morgan fingerprint density at radius 1 is 0.864 bits per heavy atom. The molecule has 0 radical (unpaired) electrons.